The van der Waals surface area contributed by atoms with Crippen LogP contribution in [0.15, 0.2) is 94.2 Å². The minimum absolute atomic E-state index is 0.300. The molecule has 0 fully saturated rings. The highest BCUT2D eigenvalue weighted by Gasteiger charge is 2.30. The van der Waals surface area contributed by atoms with Gasteiger partial charge in [0.15, 0.2) is 0 Å². The van der Waals surface area contributed by atoms with Crippen LogP contribution in [0, 0.1) is 12.7 Å². The Labute approximate surface area is 175 Å². The average molecular weight is 431 g/mol. The summed E-state index contributed by atoms with van der Waals surface area (Å²) < 4.78 is 54.1. The molecular formula is C23H17F4NOS. The van der Waals surface area contributed by atoms with Gasteiger partial charge in [-0.2, -0.15) is 0 Å². The Morgan fingerprint density at radius 2 is 1.53 bits per heavy atom. The van der Waals surface area contributed by atoms with E-state index in [4.69, 9.17) is 0 Å². The predicted molar refractivity (Wildman–Crippen MR) is 112 cm³/mol. The highest BCUT2D eigenvalue weighted by molar-refractivity contribution is 8.02. The van der Waals surface area contributed by atoms with Crippen LogP contribution in [0.4, 0.5) is 23.2 Å². The van der Waals surface area contributed by atoms with Crippen molar-refractivity contribution in [1.29, 1.82) is 0 Å². The zero-order chi connectivity index (χ0) is 21.6. The molecular weight excluding hydrogens is 414 g/mol. The molecule has 0 aromatic heterocycles. The Balaban J connectivity index is 1.86. The molecule has 0 radical (unpaired) electrons. The van der Waals surface area contributed by atoms with Gasteiger partial charge >= 0.3 is 6.36 Å². The van der Waals surface area contributed by atoms with Crippen LogP contribution in [0.2, 0.25) is 0 Å². The number of halogens is 4. The van der Waals surface area contributed by atoms with Crippen molar-refractivity contribution in [2.24, 2.45) is 4.99 Å². The van der Waals surface area contributed by atoms with E-state index in [2.05, 4.69) is 9.73 Å². The second kappa shape index (κ2) is 9.63. The van der Waals surface area contributed by atoms with Crippen LogP contribution >= 0.6 is 11.8 Å². The molecule has 0 heterocycles. The van der Waals surface area contributed by atoms with Crippen LogP contribution in [0.3, 0.4) is 0 Å². The topological polar surface area (TPSA) is 21.6 Å². The molecule has 0 aliphatic heterocycles. The van der Waals surface area contributed by atoms with E-state index in [1.807, 2.05) is 31.2 Å². The molecule has 0 aliphatic carbocycles. The maximum absolute atomic E-state index is 13.0. The summed E-state index contributed by atoms with van der Waals surface area (Å²) in [7, 11) is 0. The van der Waals surface area contributed by atoms with Crippen molar-refractivity contribution in [3.8, 4) is 5.75 Å². The summed E-state index contributed by atoms with van der Waals surface area (Å²) in [6.07, 6.45) is -2.99. The molecule has 3 aromatic carbocycles. The van der Waals surface area contributed by atoms with Gasteiger partial charge in [0, 0.05) is 10.5 Å². The van der Waals surface area contributed by atoms with Crippen LogP contribution in [0.25, 0.3) is 0 Å². The lowest BCUT2D eigenvalue weighted by molar-refractivity contribution is -0.274. The summed E-state index contributed by atoms with van der Waals surface area (Å²) >= 11 is 1.37. The molecule has 3 aromatic rings. The number of hydrogen-bond acceptors (Lipinski definition) is 3. The van der Waals surface area contributed by atoms with Crippen molar-refractivity contribution in [3.05, 3.63) is 101 Å². The van der Waals surface area contributed by atoms with Gasteiger partial charge in [-0.3, -0.25) is 0 Å². The molecule has 3 rings (SSSR count). The highest BCUT2D eigenvalue weighted by Crippen LogP contribution is 2.25. The summed E-state index contributed by atoms with van der Waals surface area (Å²) in [5.41, 5.74) is 2.99. The van der Waals surface area contributed by atoms with Crippen molar-refractivity contribution < 1.29 is 22.3 Å². The van der Waals surface area contributed by atoms with Gasteiger partial charge in [-0.25, -0.2) is 9.38 Å². The first kappa shape index (κ1) is 21.6. The third-order valence-electron chi connectivity index (χ3n) is 3.91. The molecule has 0 spiro atoms. The van der Waals surface area contributed by atoms with Crippen molar-refractivity contribution in [2.45, 2.75) is 18.2 Å². The fourth-order valence-corrected chi connectivity index (χ4v) is 3.12. The molecule has 7 heteroatoms. The standard InChI is InChI=1S/C23H17F4NOS/c1-16-2-8-19(9-3-16)28-22(14-15-30-21-12-6-18(24)7-13-21)17-4-10-20(11-5-17)29-23(25,26)27/h2-15H,1H3/b15-14+,28-22-. The minimum Gasteiger partial charge on any atom is -0.406 e. The first-order valence-electron chi connectivity index (χ1n) is 8.89. The van der Waals surface area contributed by atoms with Crippen LogP contribution < -0.4 is 4.74 Å². The lowest BCUT2D eigenvalue weighted by Gasteiger charge is -2.09. The molecule has 0 aliphatic rings. The van der Waals surface area contributed by atoms with Crippen molar-refractivity contribution in [2.75, 3.05) is 0 Å². The minimum atomic E-state index is -4.74. The third-order valence-corrected chi connectivity index (χ3v) is 4.73. The van der Waals surface area contributed by atoms with Gasteiger partial charge in [0.2, 0.25) is 0 Å². The lowest BCUT2D eigenvalue weighted by atomic mass is 10.1. The third kappa shape index (κ3) is 6.77. The van der Waals surface area contributed by atoms with E-state index in [0.29, 0.717) is 17.0 Å². The predicted octanol–water partition coefficient (Wildman–Crippen LogP) is 7.46. The number of benzene rings is 3. The Hall–Kier alpha value is -3.06. The first-order chi connectivity index (χ1) is 14.3. The van der Waals surface area contributed by atoms with Crippen LogP contribution in [-0.4, -0.2) is 12.1 Å². The normalized spacial score (nSPS) is 12.4. The lowest BCUT2D eigenvalue weighted by Crippen LogP contribution is -2.17. The zero-order valence-corrected chi connectivity index (χ0v) is 16.7. The number of aliphatic imine (C=N–C) groups is 1. The van der Waals surface area contributed by atoms with Crippen LogP contribution in [-0.2, 0) is 0 Å². The number of nitrogens with zero attached hydrogens (tertiary/aromatic N) is 1. The summed E-state index contributed by atoms with van der Waals surface area (Å²) in [6, 6.07) is 19.1. The summed E-state index contributed by atoms with van der Waals surface area (Å²) in [5, 5.41) is 1.79. The Kier molecular flexibility index (Phi) is 6.95. The molecule has 2 nitrogen and oxygen atoms in total. The van der Waals surface area contributed by atoms with Gasteiger partial charge in [0.25, 0.3) is 0 Å². The molecule has 30 heavy (non-hydrogen) atoms. The summed E-state index contributed by atoms with van der Waals surface area (Å²) in [5.74, 6) is -0.614. The second-order valence-electron chi connectivity index (χ2n) is 6.28. The Bertz CT molecular complexity index is 1020. The first-order valence-corrected chi connectivity index (χ1v) is 9.77. The number of rotatable bonds is 6. The van der Waals surface area contributed by atoms with Gasteiger partial charge in [0.1, 0.15) is 11.6 Å². The van der Waals surface area contributed by atoms with Crippen molar-refractivity contribution >= 4 is 23.2 Å². The maximum Gasteiger partial charge on any atom is 0.573 e. The summed E-state index contributed by atoms with van der Waals surface area (Å²) in [4.78, 5) is 5.46. The fourth-order valence-electron chi connectivity index (χ4n) is 2.47. The van der Waals surface area contributed by atoms with E-state index >= 15 is 0 Å². The molecule has 0 saturated carbocycles. The largest absolute Gasteiger partial charge is 0.573 e. The highest BCUT2D eigenvalue weighted by atomic mass is 32.2. The van der Waals surface area contributed by atoms with E-state index in [1.54, 1.807) is 23.6 Å². The van der Waals surface area contributed by atoms with Crippen molar-refractivity contribution in [3.63, 3.8) is 0 Å². The molecule has 0 unspecified atom stereocenters. The van der Waals surface area contributed by atoms with Crippen LogP contribution in [0.1, 0.15) is 11.1 Å². The maximum atomic E-state index is 13.0. The molecule has 0 saturated heterocycles. The van der Waals surface area contributed by atoms with Gasteiger partial charge in [-0.1, -0.05) is 29.5 Å². The monoisotopic (exact) mass is 431 g/mol. The van der Waals surface area contributed by atoms with E-state index in [-0.39, 0.29) is 11.6 Å². The van der Waals surface area contributed by atoms with E-state index < -0.39 is 6.36 Å². The Morgan fingerprint density at radius 3 is 2.13 bits per heavy atom. The van der Waals surface area contributed by atoms with E-state index in [0.717, 1.165) is 10.5 Å². The number of ether oxygens (including phenoxy) is 1. The second-order valence-corrected chi connectivity index (χ2v) is 7.26. The number of hydrogen-bond donors (Lipinski definition) is 0. The fraction of sp³-hybridized carbons (Fsp3) is 0.0870. The van der Waals surface area contributed by atoms with Gasteiger partial charge in [0.05, 0.1) is 11.4 Å². The number of alkyl halides is 3. The van der Waals surface area contributed by atoms with E-state index in [9.17, 15) is 17.6 Å². The van der Waals surface area contributed by atoms with Gasteiger partial charge < -0.3 is 4.74 Å². The quantitative estimate of drug-likeness (QED) is 0.230. The van der Waals surface area contributed by atoms with E-state index in [1.165, 1.54) is 48.2 Å². The molecule has 0 atom stereocenters. The smallest absolute Gasteiger partial charge is 0.406 e. The number of thioether (sulfide) groups is 1. The van der Waals surface area contributed by atoms with Gasteiger partial charge in [-0.05, 0) is 79.1 Å². The summed E-state index contributed by atoms with van der Waals surface area (Å²) in [6.45, 7) is 1.97. The zero-order valence-electron chi connectivity index (χ0n) is 15.9. The average Bonchev–Trinajstić information content (AvgIpc) is 2.70. The molecule has 0 amide bonds. The van der Waals surface area contributed by atoms with Gasteiger partial charge in [-0.15, -0.1) is 13.2 Å². The SMILES string of the molecule is Cc1ccc(/N=C(/C=C/Sc2ccc(F)cc2)c2ccc(OC(F)(F)F)cc2)cc1. The van der Waals surface area contributed by atoms with Crippen molar-refractivity contribution in [1.82, 2.24) is 0 Å². The van der Waals surface area contributed by atoms with Crippen LogP contribution in [0.5, 0.6) is 5.75 Å². The number of allylic oxidation sites excluding steroid dienone is 1. The molecule has 154 valence electrons. The Morgan fingerprint density at radius 1 is 0.900 bits per heavy atom. The number of aryl methyl sites for hydroxylation is 1. The molecule has 0 N–H and O–H groups in total. The molecule has 0 bridgehead atoms.